The summed E-state index contributed by atoms with van der Waals surface area (Å²) in [5, 5.41) is 3.01. The lowest BCUT2D eigenvalue weighted by Crippen LogP contribution is -2.21. The number of anilines is 1. The van der Waals surface area contributed by atoms with Crippen molar-refractivity contribution in [1.82, 2.24) is 4.90 Å². The predicted octanol–water partition coefficient (Wildman–Crippen LogP) is 2.56. The van der Waals surface area contributed by atoms with Gasteiger partial charge in [-0.3, -0.25) is 9.59 Å². The van der Waals surface area contributed by atoms with E-state index in [-0.39, 0.29) is 11.8 Å². The van der Waals surface area contributed by atoms with E-state index in [1.54, 1.807) is 45.3 Å². The third kappa shape index (κ3) is 3.60. The van der Waals surface area contributed by atoms with Crippen LogP contribution in [0, 0.1) is 0 Å². The fourth-order valence-electron chi connectivity index (χ4n) is 1.34. The second kappa shape index (κ2) is 6.21. The highest BCUT2D eigenvalue weighted by atomic mass is 35.5. The molecule has 5 heteroatoms. The summed E-state index contributed by atoms with van der Waals surface area (Å²) in [7, 11) is 3.32. The molecule has 0 aromatic heterocycles. The summed E-state index contributed by atoms with van der Waals surface area (Å²) in [6, 6.07) is 4.77. The van der Waals surface area contributed by atoms with Gasteiger partial charge in [-0.25, -0.2) is 0 Å². The highest BCUT2D eigenvalue weighted by Crippen LogP contribution is 2.23. The summed E-state index contributed by atoms with van der Waals surface area (Å²) < 4.78 is 0. The van der Waals surface area contributed by atoms with E-state index in [1.165, 1.54) is 11.0 Å². The number of carbonyl (C=O) groups excluding carboxylic acids is 2. The average molecular weight is 267 g/mol. The molecule has 0 heterocycles. The summed E-state index contributed by atoms with van der Waals surface area (Å²) in [4.78, 5) is 24.7. The van der Waals surface area contributed by atoms with Gasteiger partial charge in [0.15, 0.2) is 0 Å². The first-order chi connectivity index (χ1) is 8.45. The van der Waals surface area contributed by atoms with E-state index in [0.717, 1.165) is 0 Å². The van der Waals surface area contributed by atoms with Crippen molar-refractivity contribution in [3.8, 4) is 0 Å². The molecule has 0 bridgehead atoms. The summed E-state index contributed by atoms with van der Waals surface area (Å²) in [6.45, 7) is 1.74. The van der Waals surface area contributed by atoms with E-state index < -0.39 is 0 Å². The first-order valence-electron chi connectivity index (χ1n) is 5.40. The largest absolute Gasteiger partial charge is 0.345 e. The summed E-state index contributed by atoms with van der Waals surface area (Å²) >= 11 is 5.96. The maximum Gasteiger partial charge on any atom is 0.253 e. The molecule has 0 aliphatic rings. The number of rotatable bonds is 3. The molecule has 0 aliphatic heterocycles. The molecule has 0 fully saturated rings. The van der Waals surface area contributed by atoms with Gasteiger partial charge in [0.2, 0.25) is 5.91 Å². The first-order valence-corrected chi connectivity index (χ1v) is 5.78. The van der Waals surface area contributed by atoms with Crippen molar-refractivity contribution >= 4 is 29.1 Å². The Morgan fingerprint density at radius 2 is 2.00 bits per heavy atom. The van der Waals surface area contributed by atoms with Gasteiger partial charge >= 0.3 is 0 Å². The Balaban J connectivity index is 3.01. The van der Waals surface area contributed by atoms with E-state index in [1.807, 2.05) is 0 Å². The molecule has 0 unspecified atom stereocenters. The van der Waals surface area contributed by atoms with Crippen LogP contribution in [0.2, 0.25) is 5.02 Å². The van der Waals surface area contributed by atoms with Gasteiger partial charge in [0.1, 0.15) is 0 Å². The van der Waals surface area contributed by atoms with Crippen molar-refractivity contribution in [1.29, 1.82) is 0 Å². The van der Waals surface area contributed by atoms with Gasteiger partial charge in [-0.05, 0) is 31.2 Å². The maximum absolute atomic E-state index is 11.8. The SMILES string of the molecule is C/C=C/C(=O)Nc1cc(C(=O)N(C)C)ccc1Cl. The first kappa shape index (κ1) is 14.3. The number of benzene rings is 1. The zero-order valence-corrected chi connectivity index (χ0v) is 11.3. The Morgan fingerprint density at radius 1 is 1.33 bits per heavy atom. The highest BCUT2D eigenvalue weighted by molar-refractivity contribution is 6.34. The van der Waals surface area contributed by atoms with Gasteiger partial charge in [-0.1, -0.05) is 17.7 Å². The van der Waals surface area contributed by atoms with Crippen LogP contribution < -0.4 is 5.32 Å². The van der Waals surface area contributed by atoms with Crippen LogP contribution in [0.3, 0.4) is 0 Å². The smallest absolute Gasteiger partial charge is 0.253 e. The fraction of sp³-hybridized carbons (Fsp3) is 0.231. The lowest BCUT2D eigenvalue weighted by atomic mass is 10.2. The van der Waals surface area contributed by atoms with Crippen LogP contribution in [0.25, 0.3) is 0 Å². The van der Waals surface area contributed by atoms with Crippen LogP contribution in [0.5, 0.6) is 0 Å². The highest BCUT2D eigenvalue weighted by Gasteiger charge is 2.11. The number of nitrogens with one attached hydrogen (secondary N) is 1. The second-order valence-corrected chi connectivity index (χ2v) is 4.29. The van der Waals surface area contributed by atoms with Gasteiger partial charge in [0.05, 0.1) is 10.7 Å². The average Bonchev–Trinajstić information content (AvgIpc) is 2.31. The van der Waals surface area contributed by atoms with Crippen LogP contribution in [0.1, 0.15) is 17.3 Å². The van der Waals surface area contributed by atoms with Crippen molar-refractivity contribution in [3.63, 3.8) is 0 Å². The van der Waals surface area contributed by atoms with E-state index in [2.05, 4.69) is 5.32 Å². The van der Waals surface area contributed by atoms with Crippen LogP contribution in [-0.4, -0.2) is 30.8 Å². The second-order valence-electron chi connectivity index (χ2n) is 3.88. The minimum absolute atomic E-state index is 0.145. The van der Waals surface area contributed by atoms with E-state index >= 15 is 0 Å². The Kier molecular flexibility index (Phi) is 4.92. The summed E-state index contributed by atoms with van der Waals surface area (Å²) in [5.41, 5.74) is 0.896. The van der Waals surface area contributed by atoms with Gasteiger partial charge in [-0.2, -0.15) is 0 Å². The van der Waals surface area contributed by atoms with E-state index in [9.17, 15) is 9.59 Å². The third-order valence-electron chi connectivity index (χ3n) is 2.20. The lowest BCUT2D eigenvalue weighted by molar-refractivity contribution is -0.111. The van der Waals surface area contributed by atoms with Gasteiger partial charge in [0.25, 0.3) is 5.91 Å². The molecule has 1 aromatic carbocycles. The molecule has 0 spiro atoms. The van der Waals surface area contributed by atoms with Gasteiger partial charge < -0.3 is 10.2 Å². The molecular weight excluding hydrogens is 252 g/mol. The summed E-state index contributed by atoms with van der Waals surface area (Å²) in [5.74, 6) is -0.429. The molecule has 0 atom stereocenters. The van der Waals surface area contributed by atoms with Gasteiger partial charge in [-0.15, -0.1) is 0 Å². The topological polar surface area (TPSA) is 49.4 Å². The third-order valence-corrected chi connectivity index (χ3v) is 2.52. The molecule has 4 nitrogen and oxygen atoms in total. The minimum atomic E-state index is -0.283. The number of halogens is 1. The zero-order valence-electron chi connectivity index (χ0n) is 10.5. The Hall–Kier alpha value is -1.81. The molecule has 1 N–H and O–H groups in total. The minimum Gasteiger partial charge on any atom is -0.345 e. The number of amides is 2. The van der Waals surface area contributed by atoms with Crippen molar-refractivity contribution in [2.45, 2.75) is 6.92 Å². The molecule has 0 saturated heterocycles. The number of nitrogens with zero attached hydrogens (tertiary/aromatic N) is 1. The standard InChI is InChI=1S/C13H15ClN2O2/c1-4-5-12(17)15-11-8-9(6-7-10(11)14)13(18)16(2)3/h4-8H,1-3H3,(H,15,17)/b5-4+. The van der Waals surface area contributed by atoms with Crippen molar-refractivity contribution < 1.29 is 9.59 Å². The predicted molar refractivity (Wildman–Crippen MR) is 72.9 cm³/mol. The molecule has 0 aliphatic carbocycles. The molecule has 0 radical (unpaired) electrons. The van der Waals surface area contributed by atoms with Gasteiger partial charge in [0, 0.05) is 19.7 Å². The fourth-order valence-corrected chi connectivity index (χ4v) is 1.50. The van der Waals surface area contributed by atoms with Crippen LogP contribution in [0.4, 0.5) is 5.69 Å². The van der Waals surface area contributed by atoms with Crippen LogP contribution in [-0.2, 0) is 4.79 Å². The van der Waals surface area contributed by atoms with Crippen molar-refractivity contribution in [3.05, 3.63) is 40.9 Å². The van der Waals surface area contributed by atoms with Crippen LogP contribution in [0.15, 0.2) is 30.4 Å². The number of allylic oxidation sites excluding steroid dienone is 1. The molecule has 18 heavy (non-hydrogen) atoms. The Morgan fingerprint density at radius 3 is 2.56 bits per heavy atom. The van der Waals surface area contributed by atoms with Crippen molar-refractivity contribution in [2.24, 2.45) is 0 Å². The van der Waals surface area contributed by atoms with E-state index in [0.29, 0.717) is 16.3 Å². The number of carbonyl (C=O) groups is 2. The molecule has 1 rings (SSSR count). The Bertz CT molecular complexity index is 496. The molecular formula is C13H15ClN2O2. The number of hydrogen-bond donors (Lipinski definition) is 1. The summed E-state index contributed by atoms with van der Waals surface area (Å²) in [6.07, 6.45) is 3.01. The number of hydrogen-bond acceptors (Lipinski definition) is 2. The molecule has 0 saturated carbocycles. The van der Waals surface area contributed by atoms with Crippen molar-refractivity contribution in [2.75, 3.05) is 19.4 Å². The zero-order chi connectivity index (χ0) is 13.7. The molecule has 1 aromatic rings. The Labute approximate surface area is 111 Å². The normalized spacial score (nSPS) is 10.4. The quantitative estimate of drug-likeness (QED) is 0.855. The molecule has 96 valence electrons. The monoisotopic (exact) mass is 266 g/mol. The van der Waals surface area contributed by atoms with Crippen LogP contribution >= 0.6 is 11.6 Å². The maximum atomic E-state index is 11.8. The lowest BCUT2D eigenvalue weighted by Gasteiger charge is -2.12. The van der Waals surface area contributed by atoms with E-state index in [4.69, 9.17) is 11.6 Å². The molecule has 2 amide bonds.